The number of aryl methyl sites for hydroxylation is 14. The molecule has 133 heavy (non-hydrogen) atoms. The molecular formula is C114H152O12Si2Sn5. The van der Waals surface area contributed by atoms with Gasteiger partial charge in [-0.2, -0.15) is 0 Å². The van der Waals surface area contributed by atoms with E-state index in [9.17, 15) is 47.9 Å². The number of carbonyl (C=O) groups is 10. The van der Waals surface area contributed by atoms with Crippen LogP contribution in [0.3, 0.4) is 0 Å². The van der Waals surface area contributed by atoms with Gasteiger partial charge in [-0.1, -0.05) is 39.3 Å². The molecule has 0 unspecified atom stereocenters. The maximum absolute atomic E-state index is 13.9. The standard InChI is InChI=1S/4C10H11O.2C8H7O2.2C8H7O.2C7H5O.4C4H9.2C3H9Si.2C2H5.2CH3.5Sn/c4*1-7-4-8(2)10(6-11)9(3)5-7;2*1-10-8-4-2-7(6-9)3-5-8;2*1-7-4-2-3-5-8(7)6-9;2*8-6-7-4-2-1-3-5-7;4*1-3-4-2;2*1-4(2)3;2*1-2;;;;;;;/h4*4-5H,1-3H3;2*2-5H,1H3;2*2-5H,1H3;2*1-5H;4*1,3-4H2,2H3;2*1-3H3;2*1H2,2H3;2*1H3;;;;;. The topological polar surface area (TPSA) is 189 Å². The van der Waals surface area contributed by atoms with Crippen molar-refractivity contribution < 1.29 is 57.4 Å². The van der Waals surface area contributed by atoms with Gasteiger partial charge in [-0.3, -0.25) is 0 Å². The Balaban J connectivity index is 0.000000342. The zero-order valence-electron chi connectivity index (χ0n) is 85.9. The molecule has 0 heterocycles. The van der Waals surface area contributed by atoms with Crippen LogP contribution in [-0.4, -0.2) is 164 Å². The molecule has 0 aliphatic heterocycles. The summed E-state index contributed by atoms with van der Waals surface area (Å²) in [4.78, 5) is 138. The molecule has 0 N–H and O–H groups in total. The van der Waals surface area contributed by atoms with Crippen molar-refractivity contribution in [2.45, 2.75) is 266 Å². The van der Waals surface area contributed by atoms with Crippen LogP contribution in [0.15, 0.2) is 206 Å². The van der Waals surface area contributed by atoms with E-state index in [0.717, 1.165) is 180 Å². The van der Waals surface area contributed by atoms with E-state index in [4.69, 9.17) is 9.47 Å². The van der Waals surface area contributed by atoms with E-state index >= 15 is 0 Å². The summed E-state index contributed by atoms with van der Waals surface area (Å²) in [5.74, 6) is 1.43. The predicted molar refractivity (Wildman–Crippen MR) is 574 cm³/mol. The van der Waals surface area contributed by atoms with Gasteiger partial charge in [0.25, 0.3) is 0 Å². The van der Waals surface area contributed by atoms with E-state index in [0.29, 0.717) is 42.6 Å². The van der Waals surface area contributed by atoms with Crippen LogP contribution >= 0.6 is 0 Å². The monoisotopic (exact) mass is 2370 g/mol. The fraction of sp³-hybridized carbons (Fsp3) is 0.386. The summed E-state index contributed by atoms with van der Waals surface area (Å²) in [7, 11) is 3.46. The minimum atomic E-state index is -3.91. The molecule has 0 bridgehead atoms. The van der Waals surface area contributed by atoms with E-state index in [2.05, 4.69) is 105 Å². The Bertz CT molecular complexity index is 5140. The molecule has 708 valence electrons. The first-order valence-electron chi connectivity index (χ1n) is 47.4. The van der Waals surface area contributed by atoms with Crippen LogP contribution in [0, 0.1) is 96.9 Å². The van der Waals surface area contributed by atoms with Crippen LogP contribution in [0.2, 0.25) is 75.8 Å². The molecule has 0 amide bonds. The summed E-state index contributed by atoms with van der Waals surface area (Å²) in [6.45, 7) is 54.3. The first kappa shape index (κ1) is 118. The zero-order chi connectivity index (χ0) is 100. The van der Waals surface area contributed by atoms with Crippen molar-refractivity contribution in [3.05, 3.63) is 340 Å². The fourth-order valence-electron chi connectivity index (χ4n) is 17.3. The molecule has 0 saturated carbocycles. The number of ether oxygens (including phenoxy) is 2. The Kier molecular flexibility index (Phi) is 51.5. The van der Waals surface area contributed by atoms with Crippen molar-refractivity contribution in [2.75, 3.05) is 14.2 Å². The molecule has 0 aliphatic rings. The first-order valence-corrected chi connectivity index (χ1v) is 85.5. The van der Waals surface area contributed by atoms with Crippen LogP contribution in [0.4, 0.5) is 0 Å². The molecule has 0 spiro atoms. The molecule has 4 radical (unpaired) electrons. The van der Waals surface area contributed by atoms with Crippen molar-refractivity contribution in [3.8, 4) is 11.5 Å². The molecule has 12 nitrogen and oxygen atoms in total. The number of methoxy groups -OCH3 is 2. The van der Waals surface area contributed by atoms with Gasteiger partial charge < -0.3 is 0 Å². The number of carbonyl (C=O) groups excluding carboxylic acids is 10. The average molecular weight is 2360 g/mol. The molecule has 0 aliphatic carbocycles. The fourth-order valence-corrected chi connectivity index (χ4v) is 64.1. The normalized spacial score (nSPS) is 11.1. The second-order valence-electron chi connectivity index (χ2n) is 37.3. The summed E-state index contributed by atoms with van der Waals surface area (Å²) in [5, 5.41) is 0. The van der Waals surface area contributed by atoms with Crippen molar-refractivity contribution in [1.29, 1.82) is 0 Å². The third-order valence-electron chi connectivity index (χ3n) is 24.2. The Labute approximate surface area is 829 Å². The van der Waals surface area contributed by atoms with Gasteiger partial charge in [0.15, 0.2) is 0 Å². The van der Waals surface area contributed by atoms with Gasteiger partial charge in [0.1, 0.15) is 0 Å². The van der Waals surface area contributed by atoms with E-state index in [-0.39, 0.29) is 55.6 Å². The van der Waals surface area contributed by atoms with Crippen molar-refractivity contribution in [3.63, 3.8) is 0 Å². The third kappa shape index (κ3) is 33.6. The Morgan fingerprint density at radius 3 is 0.722 bits per heavy atom. The molecular weight excluding hydrogens is 2210 g/mol. The first-order chi connectivity index (χ1) is 62.8. The minimum absolute atomic E-state index is 0.0306. The molecule has 10 rings (SSSR count). The average Bonchev–Trinajstić information content (AvgIpc) is 0.763. The van der Waals surface area contributed by atoms with Gasteiger partial charge in [-0.15, -0.1) is 0 Å². The van der Waals surface area contributed by atoms with Gasteiger partial charge in [0, 0.05) is 17.6 Å². The van der Waals surface area contributed by atoms with E-state index < -0.39 is 94.6 Å². The molecule has 0 saturated heterocycles. The van der Waals surface area contributed by atoms with Crippen molar-refractivity contribution >= 4 is 150 Å². The summed E-state index contributed by atoms with van der Waals surface area (Å²) in [5.41, 5.74) is 21.9. The summed E-state index contributed by atoms with van der Waals surface area (Å²) in [6.07, 6.45) is 7.78. The predicted octanol–water partition coefficient (Wildman–Crippen LogP) is 29.1. The SMILES string of the molecule is CCC[CH2][Sn]([CH2]CCC)([C](=O)c1ccc(OC)cc1)[C](=O)c1ccc(OC)cc1.CCC[CH2][Sn]([CH2]CCC)([C](=O)c1ccccc1C)[C](=O)c1ccccc1C.C[CH2][Sn]([CH2]C)([C](=O)c1c(C)cc(C)cc1C)[C](=O)c1c(C)cc(C)cc1C.C[Si](C)C.C[Si](C)C.Cc1cc(C)c([C](=O)[Sn]([CH3])([CH3])[C](=O)c2c(C)cc(C)cc2C)c(C)c1.O=[C]([Sn][C](=O)c1ccccc1)c1ccccc1. The summed E-state index contributed by atoms with van der Waals surface area (Å²) >= 11 is -17.0. The summed E-state index contributed by atoms with van der Waals surface area (Å²) in [6, 6.07) is 64.5. The third-order valence-corrected chi connectivity index (χ3v) is 75.2. The van der Waals surface area contributed by atoms with Crippen molar-refractivity contribution in [2.24, 2.45) is 0 Å². The van der Waals surface area contributed by atoms with Crippen LogP contribution < -0.4 is 9.47 Å². The second-order valence-corrected chi connectivity index (χ2v) is 94.5. The Morgan fingerprint density at radius 1 is 0.271 bits per heavy atom. The molecule has 0 fully saturated rings. The van der Waals surface area contributed by atoms with Gasteiger partial charge in [-0.25, -0.2) is 0 Å². The van der Waals surface area contributed by atoms with Crippen LogP contribution in [0.25, 0.3) is 0 Å². The van der Waals surface area contributed by atoms with Crippen LogP contribution in [0.5, 0.6) is 11.5 Å². The van der Waals surface area contributed by atoms with Gasteiger partial charge in [0.05, 0.1) is 0 Å². The maximum atomic E-state index is 13.9. The Morgan fingerprint density at radius 2 is 0.496 bits per heavy atom. The molecule has 19 heteroatoms. The molecule has 10 aromatic carbocycles. The number of rotatable bonds is 36. The molecule has 0 atom stereocenters. The van der Waals surface area contributed by atoms with E-state index in [1.807, 2.05) is 240 Å². The van der Waals surface area contributed by atoms with Gasteiger partial charge >= 0.3 is 782 Å². The second kappa shape index (κ2) is 58.0. The summed E-state index contributed by atoms with van der Waals surface area (Å²) < 4.78 is 16.3. The molecule has 0 aromatic heterocycles. The van der Waals surface area contributed by atoms with Crippen LogP contribution in [-0.2, 0) is 0 Å². The van der Waals surface area contributed by atoms with Crippen molar-refractivity contribution in [1.82, 2.24) is 0 Å². The zero-order valence-corrected chi connectivity index (χ0v) is 102. The van der Waals surface area contributed by atoms with Gasteiger partial charge in [-0.05, 0) is 0 Å². The quantitative estimate of drug-likeness (QED) is 0.0338. The Hall–Kier alpha value is -7.07. The van der Waals surface area contributed by atoms with Crippen LogP contribution in [0.1, 0.15) is 274 Å². The number of unbranched alkanes of at least 4 members (excludes halogenated alkanes) is 4. The van der Waals surface area contributed by atoms with E-state index in [1.165, 1.54) is 0 Å². The number of hydrogen-bond donors (Lipinski definition) is 0. The number of benzene rings is 10. The molecule has 10 aromatic rings. The number of hydrogen-bond acceptors (Lipinski definition) is 12. The van der Waals surface area contributed by atoms with Gasteiger partial charge in [0.2, 0.25) is 0 Å². The van der Waals surface area contributed by atoms with E-state index in [1.54, 1.807) is 62.8 Å².